The molecule has 0 unspecified atom stereocenters. The van der Waals surface area contributed by atoms with Crippen LogP contribution in [0.15, 0.2) is 32.4 Å². The smallest absolute Gasteiger partial charge is 0.198 e. The van der Waals surface area contributed by atoms with E-state index in [0.717, 1.165) is 6.20 Å². The lowest BCUT2D eigenvalue weighted by Crippen LogP contribution is -1.59. The lowest BCUT2D eigenvalue weighted by Gasteiger charge is -1.72. The molecule has 5 nitrogen and oxygen atoms in total. The normalized spacial score (nSPS) is 20.2. The highest BCUT2D eigenvalue weighted by atomic mass is 16.2. The molecule has 0 amide bonds. The Labute approximate surface area is 44.8 Å². The van der Waals surface area contributed by atoms with Crippen molar-refractivity contribution in [3.05, 3.63) is 16.9 Å². The Bertz CT molecular complexity index is 166. The van der Waals surface area contributed by atoms with E-state index in [1.807, 2.05) is 0 Å². The first-order valence-electron chi connectivity index (χ1n) is 1.89. The van der Waals surface area contributed by atoms with Crippen molar-refractivity contribution in [2.45, 2.75) is 0 Å². The van der Waals surface area contributed by atoms with E-state index in [2.05, 4.69) is 20.4 Å². The second-order valence-corrected chi connectivity index (χ2v) is 1.05. The highest BCUT2D eigenvalue weighted by molar-refractivity contribution is 5.58. The summed E-state index contributed by atoms with van der Waals surface area (Å²) in [6.45, 7) is 0. The topological polar surface area (TPSA) is 66.5 Å². The van der Waals surface area contributed by atoms with Crippen molar-refractivity contribution < 1.29 is 0 Å². The molecule has 0 aromatic carbocycles. The maximum Gasteiger partial charge on any atom is 0.198 e. The van der Waals surface area contributed by atoms with Crippen LogP contribution < -0.4 is 0 Å². The number of aliphatic imine (C=N–C) groups is 1. The van der Waals surface area contributed by atoms with E-state index >= 15 is 0 Å². The molecule has 5 heteroatoms. The van der Waals surface area contributed by atoms with Gasteiger partial charge < -0.3 is 0 Å². The Kier molecular flexibility index (Phi) is 1.23. The van der Waals surface area contributed by atoms with Gasteiger partial charge in [0.05, 0.1) is 0 Å². The highest BCUT2D eigenvalue weighted by Crippen LogP contribution is 2.03. The van der Waals surface area contributed by atoms with Gasteiger partial charge in [0.15, 0.2) is 5.82 Å². The second kappa shape index (κ2) is 2.06. The van der Waals surface area contributed by atoms with Crippen molar-refractivity contribution in [1.29, 1.82) is 0 Å². The number of hydrogen-bond acceptors (Lipinski definition) is 5. The van der Waals surface area contributed by atoms with E-state index in [4.69, 9.17) is 0 Å². The summed E-state index contributed by atoms with van der Waals surface area (Å²) in [6, 6.07) is 0. The summed E-state index contributed by atoms with van der Waals surface area (Å²) in [7, 11) is 0. The third-order valence-corrected chi connectivity index (χ3v) is 0.570. The summed E-state index contributed by atoms with van der Waals surface area (Å²) in [5.41, 5.74) is 0. The summed E-state index contributed by atoms with van der Waals surface area (Å²) in [5, 5.41) is 9.18. The molecule has 8 heavy (non-hydrogen) atoms. The Morgan fingerprint density at radius 3 is 3.12 bits per heavy atom. The molecule has 1 aliphatic rings. The third kappa shape index (κ3) is 0.810. The fraction of sp³-hybridized carbons (Fsp3) is 0. The molecule has 40 valence electrons. The van der Waals surface area contributed by atoms with Crippen molar-refractivity contribution in [2.75, 3.05) is 0 Å². The molecule has 0 aliphatic carbocycles. The Morgan fingerprint density at radius 2 is 2.62 bits per heavy atom. The monoisotopic (exact) mass is 110 g/mol. The molecule has 1 rings (SSSR count). The van der Waals surface area contributed by atoms with Gasteiger partial charge in [-0.05, 0) is 5.18 Å². The lowest BCUT2D eigenvalue weighted by atomic mass is 10.8. The number of nitroso groups, excluding NO2 is 1. The average Bonchev–Trinajstić information content (AvgIpc) is 2.19. The van der Waals surface area contributed by atoms with Crippen molar-refractivity contribution in [3.8, 4) is 0 Å². The summed E-state index contributed by atoms with van der Waals surface area (Å²) in [6.07, 6.45) is 2.24. The van der Waals surface area contributed by atoms with Gasteiger partial charge in [-0.15, -0.1) is 15.1 Å². The van der Waals surface area contributed by atoms with Gasteiger partial charge >= 0.3 is 0 Å². The van der Waals surface area contributed by atoms with E-state index in [1.165, 1.54) is 6.34 Å². The largest absolute Gasteiger partial charge is 0.212 e. The molecule has 1 heterocycles. The van der Waals surface area contributed by atoms with Gasteiger partial charge in [0.25, 0.3) is 0 Å². The molecule has 0 bridgehead atoms. The molecule has 0 aromatic heterocycles. The van der Waals surface area contributed by atoms with Crippen LogP contribution in [0, 0.1) is 4.91 Å². The van der Waals surface area contributed by atoms with Gasteiger partial charge in [-0.1, -0.05) is 0 Å². The Morgan fingerprint density at radius 1 is 1.75 bits per heavy atom. The van der Waals surface area contributed by atoms with Crippen molar-refractivity contribution in [3.63, 3.8) is 0 Å². The predicted molar refractivity (Wildman–Crippen MR) is 27.2 cm³/mol. The maximum atomic E-state index is 9.46. The number of hydrogen-bond donors (Lipinski definition) is 0. The van der Waals surface area contributed by atoms with Crippen LogP contribution in [0.3, 0.4) is 0 Å². The van der Waals surface area contributed by atoms with Crippen LogP contribution in [0.25, 0.3) is 0 Å². The molecular weight excluding hydrogens is 108 g/mol. The minimum absolute atomic E-state index is 0.250. The van der Waals surface area contributed by atoms with Crippen molar-refractivity contribution in [1.82, 2.24) is 0 Å². The van der Waals surface area contributed by atoms with E-state index in [0.29, 0.717) is 0 Å². The molecule has 0 radical (unpaired) electrons. The van der Waals surface area contributed by atoms with Gasteiger partial charge in [0.2, 0.25) is 0 Å². The van der Waals surface area contributed by atoms with Crippen LogP contribution in [-0.4, -0.2) is 6.34 Å². The minimum atomic E-state index is 0.250. The zero-order chi connectivity index (χ0) is 5.82. The first-order valence-corrected chi connectivity index (χ1v) is 1.89. The SMILES string of the molecule is O=N/C=C1/N=CN=N1. The minimum Gasteiger partial charge on any atom is -0.212 e. The maximum absolute atomic E-state index is 9.46. The molecular formula is C3H2N4O. The van der Waals surface area contributed by atoms with Crippen molar-refractivity contribution in [2.24, 2.45) is 20.4 Å². The second-order valence-electron chi connectivity index (χ2n) is 1.05. The number of rotatable bonds is 1. The predicted octanol–water partition coefficient (Wildman–Crippen LogP) is 1.05. The average molecular weight is 110 g/mol. The van der Waals surface area contributed by atoms with Crippen LogP contribution in [-0.2, 0) is 0 Å². The number of nitrogens with zero attached hydrogens (tertiary/aromatic N) is 4. The zero-order valence-electron chi connectivity index (χ0n) is 3.85. The van der Waals surface area contributed by atoms with Crippen LogP contribution >= 0.6 is 0 Å². The summed E-state index contributed by atoms with van der Waals surface area (Å²) in [5.74, 6) is 0.250. The van der Waals surface area contributed by atoms with Crippen LogP contribution in [0.5, 0.6) is 0 Å². The van der Waals surface area contributed by atoms with E-state index in [1.54, 1.807) is 0 Å². The van der Waals surface area contributed by atoms with Crippen LogP contribution in [0.1, 0.15) is 0 Å². The molecule has 0 fully saturated rings. The standard InChI is InChI=1S/C3H2N4O/c8-6-1-3-4-2-5-7-3/h1-2H/b3-1-. The lowest BCUT2D eigenvalue weighted by molar-refractivity contribution is 1.18. The molecule has 0 aromatic rings. The van der Waals surface area contributed by atoms with Gasteiger partial charge in [-0.3, -0.25) is 0 Å². The molecule has 0 N–H and O–H groups in total. The molecule has 0 saturated heterocycles. The van der Waals surface area contributed by atoms with E-state index < -0.39 is 0 Å². The van der Waals surface area contributed by atoms with Gasteiger partial charge in [-0.25, -0.2) is 4.99 Å². The van der Waals surface area contributed by atoms with Gasteiger partial charge in [0.1, 0.15) is 12.5 Å². The molecule has 1 aliphatic heterocycles. The Balaban J connectivity index is 2.74. The highest BCUT2D eigenvalue weighted by Gasteiger charge is 1.92. The van der Waals surface area contributed by atoms with Gasteiger partial charge in [-0.2, -0.15) is 0 Å². The fourth-order valence-corrected chi connectivity index (χ4v) is 0.302. The van der Waals surface area contributed by atoms with E-state index in [9.17, 15) is 4.91 Å². The molecule has 0 saturated carbocycles. The van der Waals surface area contributed by atoms with Crippen molar-refractivity contribution >= 4 is 6.34 Å². The summed E-state index contributed by atoms with van der Waals surface area (Å²) >= 11 is 0. The first kappa shape index (κ1) is 4.76. The summed E-state index contributed by atoms with van der Waals surface area (Å²) < 4.78 is 0. The Hall–Kier alpha value is -1.39. The zero-order valence-corrected chi connectivity index (χ0v) is 3.85. The van der Waals surface area contributed by atoms with E-state index in [-0.39, 0.29) is 5.82 Å². The summed E-state index contributed by atoms with van der Waals surface area (Å²) in [4.78, 5) is 13.0. The third-order valence-electron chi connectivity index (χ3n) is 0.570. The number of azo groups is 1. The van der Waals surface area contributed by atoms with Crippen LogP contribution in [0.4, 0.5) is 0 Å². The first-order chi connectivity index (χ1) is 3.93. The molecule has 0 spiro atoms. The molecule has 0 atom stereocenters. The van der Waals surface area contributed by atoms with Gasteiger partial charge in [0, 0.05) is 0 Å². The fourth-order valence-electron chi connectivity index (χ4n) is 0.302. The quantitative estimate of drug-likeness (QED) is 0.465. The van der Waals surface area contributed by atoms with Crippen LogP contribution in [0.2, 0.25) is 0 Å².